The Morgan fingerprint density at radius 1 is 0.962 bits per heavy atom. The van der Waals surface area contributed by atoms with Crippen molar-refractivity contribution in [1.29, 1.82) is 0 Å². The summed E-state index contributed by atoms with van der Waals surface area (Å²) in [5.74, 6) is -4.17. The molecule has 276 valence electrons. The topological polar surface area (TPSA) is 128 Å². The fourth-order valence-corrected chi connectivity index (χ4v) is 9.58. The molecular weight excluding hydrogens is 720 g/mol. The summed E-state index contributed by atoms with van der Waals surface area (Å²) in [5, 5.41) is 4.49. The number of amides is 3. The Labute approximate surface area is 304 Å². The minimum Gasteiger partial charge on any atom is -0.375 e. The van der Waals surface area contributed by atoms with Crippen LogP contribution in [0.25, 0.3) is 0 Å². The number of rotatable bonds is 9. The number of carbonyl (C=O) groups is 3. The predicted octanol–water partition coefficient (Wildman–Crippen LogP) is 5.51. The fraction of sp³-hybridized carbons (Fsp3) is 0.378. The van der Waals surface area contributed by atoms with Crippen LogP contribution in [0.1, 0.15) is 42.9 Å². The van der Waals surface area contributed by atoms with E-state index in [1.807, 2.05) is 96.3 Å². The molecule has 0 aliphatic carbocycles. The van der Waals surface area contributed by atoms with Gasteiger partial charge < -0.3 is 14.9 Å². The molecule has 2 saturated heterocycles. The van der Waals surface area contributed by atoms with Gasteiger partial charge in [0.1, 0.15) is 0 Å². The number of halogens is 4. The number of nitrogens with one attached hydrogen (secondary N) is 2. The van der Waals surface area contributed by atoms with Gasteiger partial charge in [-0.25, -0.2) is 4.67 Å². The Morgan fingerprint density at radius 3 is 2.00 bits per heavy atom. The van der Waals surface area contributed by atoms with Gasteiger partial charge in [0.15, 0.2) is 0 Å². The predicted molar refractivity (Wildman–Crippen MR) is 188 cm³/mol. The Balaban J connectivity index is 1.52. The Morgan fingerprint density at radius 2 is 1.50 bits per heavy atom. The molecule has 3 N–H and O–H groups in total. The van der Waals surface area contributed by atoms with Crippen molar-refractivity contribution in [1.82, 2.24) is 20.2 Å². The maximum Gasteiger partial charge on any atom is 0.471 e. The van der Waals surface area contributed by atoms with Gasteiger partial charge in [-0.3, -0.25) is 29.2 Å². The Bertz CT molecular complexity index is 1750. The standard InChI is InChI=1S/C37H39ClF3N4O6P/c1-24-21-30(34(47)43-33(24)46)32-31(23-29-22-28(42-35(48)37(39,40)41)17-18-45(29)52(38,49)50)51-20-19-44(32)36(25-11-5-2-6-12-25,26-13-7-3-8-14-26)27-15-9-4-10-16-27/h2-16,21,28-32H,17-20,22-23H2,1H3,(H,42,48)(H,49,50)(H,43,46,47)/t28?,29-,30?,31-,32+/m0/s1. The first-order valence-corrected chi connectivity index (χ1v) is 19.5. The maximum atomic E-state index is 13.9. The summed E-state index contributed by atoms with van der Waals surface area (Å²) >= 11 is 6.04. The molecule has 6 rings (SSSR count). The minimum atomic E-state index is -5.12. The third-order valence-electron chi connectivity index (χ3n) is 10.2. The second-order valence-electron chi connectivity index (χ2n) is 13.3. The van der Waals surface area contributed by atoms with E-state index in [2.05, 4.69) is 10.2 Å². The number of hydrogen-bond acceptors (Lipinski definition) is 6. The molecule has 3 aliphatic rings. The SMILES string of the molecule is CC1=CC([C@@H]2[C@H](C[C@@H]3CC(NC(=O)C(F)(F)F)CCN3P(=O)(O)Cl)OCCN2C(c2ccccc2)(c2ccccc2)c2ccccc2)C(=O)NC1=O. The van der Waals surface area contributed by atoms with E-state index in [9.17, 15) is 37.0 Å². The van der Waals surface area contributed by atoms with Crippen molar-refractivity contribution in [2.75, 3.05) is 19.7 Å². The second-order valence-corrected chi connectivity index (χ2v) is 16.1. The average molecular weight is 759 g/mol. The van der Waals surface area contributed by atoms with Crippen molar-refractivity contribution in [3.63, 3.8) is 0 Å². The van der Waals surface area contributed by atoms with Crippen molar-refractivity contribution in [2.45, 2.75) is 62.1 Å². The van der Waals surface area contributed by atoms with Gasteiger partial charge in [-0.2, -0.15) is 13.2 Å². The molecule has 3 aromatic rings. The molecule has 15 heteroatoms. The van der Waals surface area contributed by atoms with Crippen molar-refractivity contribution in [2.24, 2.45) is 5.92 Å². The third-order valence-corrected chi connectivity index (χ3v) is 11.9. The van der Waals surface area contributed by atoms with Gasteiger partial charge in [-0.15, -0.1) is 0 Å². The molecule has 52 heavy (non-hydrogen) atoms. The van der Waals surface area contributed by atoms with Gasteiger partial charge in [0, 0.05) is 30.7 Å². The van der Waals surface area contributed by atoms with Crippen molar-refractivity contribution in [3.8, 4) is 0 Å². The molecule has 6 atom stereocenters. The molecule has 0 bridgehead atoms. The summed E-state index contributed by atoms with van der Waals surface area (Å²) < 4.78 is 60.4. The Hall–Kier alpha value is -3.84. The molecule has 10 nitrogen and oxygen atoms in total. The molecule has 3 aliphatic heterocycles. The lowest BCUT2D eigenvalue weighted by Gasteiger charge is -2.55. The summed E-state index contributed by atoms with van der Waals surface area (Å²) in [6, 6.07) is 26.5. The summed E-state index contributed by atoms with van der Waals surface area (Å²) in [5.41, 5.74) is 1.89. The van der Waals surface area contributed by atoms with Gasteiger partial charge in [0.2, 0.25) is 5.91 Å². The zero-order valence-corrected chi connectivity index (χ0v) is 29.9. The van der Waals surface area contributed by atoms with E-state index < -0.39 is 66.5 Å². The number of morpholine rings is 1. The molecular formula is C37H39ClF3N4O6P. The molecule has 3 unspecified atom stereocenters. The molecule has 3 amide bonds. The first kappa shape index (κ1) is 37.9. The number of carbonyl (C=O) groups excluding carboxylic acids is 3. The van der Waals surface area contributed by atoms with E-state index in [-0.39, 0.29) is 32.4 Å². The van der Waals surface area contributed by atoms with E-state index in [4.69, 9.17) is 16.0 Å². The number of hydrogen-bond donors (Lipinski definition) is 3. The van der Waals surface area contributed by atoms with Gasteiger partial charge in [-0.1, -0.05) is 97.1 Å². The van der Waals surface area contributed by atoms with E-state index in [1.54, 1.807) is 13.0 Å². The van der Waals surface area contributed by atoms with Crippen LogP contribution < -0.4 is 10.6 Å². The first-order valence-electron chi connectivity index (χ1n) is 17.0. The zero-order chi connectivity index (χ0) is 37.3. The van der Waals surface area contributed by atoms with E-state index in [0.717, 1.165) is 21.4 Å². The highest BCUT2D eigenvalue weighted by molar-refractivity contribution is 7.82. The maximum absolute atomic E-state index is 13.9. The van der Waals surface area contributed by atoms with Crippen LogP contribution in [0.4, 0.5) is 13.2 Å². The fourth-order valence-electron chi connectivity index (χ4n) is 8.03. The highest BCUT2D eigenvalue weighted by atomic mass is 35.7. The molecule has 2 fully saturated rings. The average Bonchev–Trinajstić information content (AvgIpc) is 3.11. The number of imide groups is 1. The lowest BCUT2D eigenvalue weighted by molar-refractivity contribution is -0.174. The highest BCUT2D eigenvalue weighted by Crippen LogP contribution is 2.55. The van der Waals surface area contributed by atoms with Gasteiger partial charge in [0.25, 0.3) is 5.91 Å². The quantitative estimate of drug-likeness (QED) is 0.148. The number of benzene rings is 3. The van der Waals surface area contributed by atoms with Crippen LogP contribution in [0.15, 0.2) is 103 Å². The summed E-state index contributed by atoms with van der Waals surface area (Å²) in [7, 11) is 0. The van der Waals surface area contributed by atoms with Crippen molar-refractivity contribution in [3.05, 3.63) is 119 Å². The summed E-state index contributed by atoms with van der Waals surface area (Å²) in [6.07, 6.45) is -4.63. The van der Waals surface area contributed by atoms with Crippen LogP contribution in [-0.2, 0) is 29.2 Å². The molecule has 0 saturated carbocycles. The summed E-state index contributed by atoms with van der Waals surface area (Å²) in [6.45, 7) is -2.58. The monoisotopic (exact) mass is 758 g/mol. The van der Waals surface area contributed by atoms with Crippen LogP contribution in [0.5, 0.6) is 0 Å². The van der Waals surface area contributed by atoms with Crippen LogP contribution in [0.2, 0.25) is 0 Å². The summed E-state index contributed by atoms with van der Waals surface area (Å²) in [4.78, 5) is 51.3. The molecule has 0 aromatic heterocycles. The van der Waals surface area contributed by atoms with Crippen LogP contribution in [0, 0.1) is 5.92 Å². The van der Waals surface area contributed by atoms with E-state index in [1.165, 1.54) is 0 Å². The van der Waals surface area contributed by atoms with Crippen molar-refractivity contribution < 1.29 is 41.8 Å². The van der Waals surface area contributed by atoms with Crippen LogP contribution in [-0.4, -0.2) is 82.3 Å². The second kappa shape index (κ2) is 15.3. The number of nitrogens with zero attached hydrogens (tertiary/aromatic N) is 2. The largest absolute Gasteiger partial charge is 0.471 e. The molecule has 0 radical (unpaired) electrons. The molecule has 3 aromatic carbocycles. The highest BCUT2D eigenvalue weighted by Gasteiger charge is 2.54. The van der Waals surface area contributed by atoms with E-state index in [0.29, 0.717) is 12.1 Å². The lowest BCUT2D eigenvalue weighted by Crippen LogP contribution is -2.66. The van der Waals surface area contributed by atoms with Gasteiger partial charge in [-0.05, 0) is 54.1 Å². The minimum absolute atomic E-state index is 0.0457. The number of piperidine rings is 1. The number of alkyl halides is 3. The third kappa shape index (κ3) is 7.62. The first-order chi connectivity index (χ1) is 24.7. The van der Waals surface area contributed by atoms with Crippen LogP contribution in [0.3, 0.4) is 0 Å². The molecule has 3 heterocycles. The van der Waals surface area contributed by atoms with Crippen LogP contribution >= 0.6 is 18.1 Å². The Kier molecular flexibility index (Phi) is 11.1. The van der Waals surface area contributed by atoms with Gasteiger partial charge >= 0.3 is 19.0 Å². The van der Waals surface area contributed by atoms with Crippen molar-refractivity contribution >= 4 is 35.8 Å². The normalized spacial score (nSPS) is 26.2. The van der Waals surface area contributed by atoms with Gasteiger partial charge in [0.05, 0.1) is 30.2 Å². The lowest BCUT2D eigenvalue weighted by atomic mass is 9.72. The smallest absolute Gasteiger partial charge is 0.375 e. The number of ether oxygens (including phenoxy) is 1. The molecule has 0 spiro atoms. The van der Waals surface area contributed by atoms with E-state index >= 15 is 0 Å². The zero-order valence-electron chi connectivity index (χ0n) is 28.2.